The summed E-state index contributed by atoms with van der Waals surface area (Å²) in [4.78, 5) is 0. The van der Waals surface area contributed by atoms with Crippen molar-refractivity contribution in [3.05, 3.63) is 33.4 Å². The maximum Gasteiger partial charge on any atom is 0.170 e. The maximum absolute atomic E-state index is 5.99. The molecule has 0 bridgehead atoms. The smallest absolute Gasteiger partial charge is 0.170 e. The van der Waals surface area contributed by atoms with Crippen LogP contribution in [0.1, 0.15) is 37.6 Å². The lowest BCUT2D eigenvalue weighted by molar-refractivity contribution is 0.543. The first-order valence-electron chi connectivity index (χ1n) is 6.20. The Balaban J connectivity index is 2.74. The van der Waals surface area contributed by atoms with Gasteiger partial charge in [0.15, 0.2) is 5.82 Å². The monoisotopic (exact) mass is 322 g/mol. The molecule has 0 fully saturated rings. The van der Waals surface area contributed by atoms with Crippen LogP contribution >= 0.6 is 15.9 Å². The number of rotatable bonds is 1. The number of anilines is 1. The molecule has 0 aliphatic rings. The Hall–Kier alpha value is -1.36. The van der Waals surface area contributed by atoms with E-state index in [-0.39, 0.29) is 5.41 Å². The SMILES string of the molecule is Cc1cc(C)c(-n2nnc(N)c2C(C)(C)C)c(Br)c1. The number of nitrogens with zero attached hydrogens (tertiary/aromatic N) is 3. The number of hydrogen-bond donors (Lipinski definition) is 1. The van der Waals surface area contributed by atoms with Crippen molar-refractivity contribution in [2.75, 3.05) is 5.73 Å². The molecule has 19 heavy (non-hydrogen) atoms. The first kappa shape index (κ1) is 14.1. The van der Waals surface area contributed by atoms with Crippen LogP contribution in [0.5, 0.6) is 0 Å². The fourth-order valence-electron chi connectivity index (χ4n) is 2.33. The van der Waals surface area contributed by atoms with Crippen LogP contribution < -0.4 is 5.73 Å². The molecule has 1 aromatic heterocycles. The summed E-state index contributed by atoms with van der Waals surface area (Å²) in [6.07, 6.45) is 0. The summed E-state index contributed by atoms with van der Waals surface area (Å²) in [6, 6.07) is 4.21. The van der Waals surface area contributed by atoms with Gasteiger partial charge in [-0.3, -0.25) is 0 Å². The molecular formula is C14H19BrN4. The Labute approximate surface area is 122 Å². The fourth-order valence-corrected chi connectivity index (χ4v) is 3.17. The number of benzene rings is 1. The molecule has 0 saturated carbocycles. The van der Waals surface area contributed by atoms with E-state index < -0.39 is 0 Å². The Morgan fingerprint density at radius 2 is 1.84 bits per heavy atom. The molecule has 0 amide bonds. The number of aryl methyl sites for hydroxylation is 2. The molecule has 0 aliphatic carbocycles. The Morgan fingerprint density at radius 3 is 2.37 bits per heavy atom. The Kier molecular flexibility index (Phi) is 3.43. The lowest BCUT2D eigenvalue weighted by atomic mass is 9.91. The molecule has 4 nitrogen and oxygen atoms in total. The summed E-state index contributed by atoms with van der Waals surface area (Å²) in [5, 5.41) is 8.25. The van der Waals surface area contributed by atoms with Crippen LogP contribution in [0.15, 0.2) is 16.6 Å². The molecule has 1 heterocycles. The summed E-state index contributed by atoms with van der Waals surface area (Å²) < 4.78 is 2.84. The van der Waals surface area contributed by atoms with Gasteiger partial charge in [0.25, 0.3) is 0 Å². The first-order chi connectivity index (χ1) is 8.71. The molecule has 0 atom stereocenters. The van der Waals surface area contributed by atoms with Crippen LogP contribution in [0, 0.1) is 13.8 Å². The lowest BCUT2D eigenvalue weighted by Crippen LogP contribution is -2.20. The van der Waals surface area contributed by atoms with E-state index in [2.05, 4.69) is 73.0 Å². The third kappa shape index (κ3) is 2.52. The van der Waals surface area contributed by atoms with Crippen LogP contribution in [-0.2, 0) is 5.41 Å². The van der Waals surface area contributed by atoms with Crippen LogP contribution in [0.2, 0.25) is 0 Å². The molecule has 0 saturated heterocycles. The molecule has 0 radical (unpaired) electrons. The molecule has 0 unspecified atom stereocenters. The van der Waals surface area contributed by atoms with Gasteiger partial charge in [-0.2, -0.15) is 0 Å². The van der Waals surface area contributed by atoms with Crippen molar-refractivity contribution in [2.45, 2.75) is 40.0 Å². The third-order valence-corrected chi connectivity index (χ3v) is 3.62. The van der Waals surface area contributed by atoms with E-state index >= 15 is 0 Å². The molecule has 0 spiro atoms. The molecular weight excluding hydrogens is 304 g/mol. The summed E-state index contributed by atoms with van der Waals surface area (Å²) in [5.74, 6) is 0.486. The van der Waals surface area contributed by atoms with Gasteiger partial charge in [0.05, 0.1) is 11.4 Å². The van der Waals surface area contributed by atoms with E-state index in [0.717, 1.165) is 21.4 Å². The summed E-state index contributed by atoms with van der Waals surface area (Å²) in [7, 11) is 0. The molecule has 102 valence electrons. The average molecular weight is 323 g/mol. The minimum Gasteiger partial charge on any atom is -0.381 e. The largest absolute Gasteiger partial charge is 0.381 e. The number of nitrogens with two attached hydrogens (primary N) is 1. The first-order valence-corrected chi connectivity index (χ1v) is 7.00. The molecule has 2 aromatic rings. The minimum atomic E-state index is -0.121. The number of nitrogen functional groups attached to an aromatic ring is 1. The second kappa shape index (κ2) is 4.63. The van der Waals surface area contributed by atoms with Crippen molar-refractivity contribution >= 4 is 21.7 Å². The predicted molar refractivity (Wildman–Crippen MR) is 81.6 cm³/mol. The van der Waals surface area contributed by atoms with Gasteiger partial charge in [-0.25, -0.2) is 4.68 Å². The highest BCUT2D eigenvalue weighted by Gasteiger charge is 2.26. The lowest BCUT2D eigenvalue weighted by Gasteiger charge is -2.21. The van der Waals surface area contributed by atoms with E-state index in [9.17, 15) is 0 Å². The number of halogens is 1. The van der Waals surface area contributed by atoms with Crippen molar-refractivity contribution in [3.63, 3.8) is 0 Å². The molecule has 2 rings (SSSR count). The van der Waals surface area contributed by atoms with Crippen molar-refractivity contribution in [1.29, 1.82) is 0 Å². The van der Waals surface area contributed by atoms with Crippen molar-refractivity contribution < 1.29 is 0 Å². The van der Waals surface area contributed by atoms with Gasteiger partial charge < -0.3 is 5.73 Å². The third-order valence-electron chi connectivity index (χ3n) is 3.02. The van der Waals surface area contributed by atoms with E-state index in [4.69, 9.17) is 5.73 Å². The molecule has 1 aromatic carbocycles. The second-order valence-corrected chi connectivity index (χ2v) is 6.75. The van der Waals surface area contributed by atoms with Crippen LogP contribution in [0.4, 0.5) is 5.82 Å². The second-order valence-electron chi connectivity index (χ2n) is 5.90. The topological polar surface area (TPSA) is 56.7 Å². The van der Waals surface area contributed by atoms with Gasteiger partial charge in [-0.15, -0.1) is 5.10 Å². The molecule has 0 aliphatic heterocycles. The molecule has 5 heteroatoms. The predicted octanol–water partition coefficient (Wildman–Crippen LogP) is 3.53. The van der Waals surface area contributed by atoms with Crippen LogP contribution in [-0.4, -0.2) is 15.0 Å². The average Bonchev–Trinajstić information content (AvgIpc) is 2.57. The van der Waals surface area contributed by atoms with Gasteiger partial charge in [-0.05, 0) is 47.0 Å². The van der Waals surface area contributed by atoms with Crippen molar-refractivity contribution in [3.8, 4) is 5.69 Å². The summed E-state index contributed by atoms with van der Waals surface area (Å²) >= 11 is 3.62. The zero-order valence-corrected chi connectivity index (χ0v) is 13.5. The van der Waals surface area contributed by atoms with E-state index in [1.54, 1.807) is 0 Å². The van der Waals surface area contributed by atoms with Crippen LogP contribution in [0.3, 0.4) is 0 Å². The fraction of sp³-hybridized carbons (Fsp3) is 0.429. The quantitative estimate of drug-likeness (QED) is 0.873. The number of aromatic nitrogens is 3. The Bertz CT molecular complexity index is 600. The van der Waals surface area contributed by atoms with Gasteiger partial charge in [0.2, 0.25) is 0 Å². The standard InChI is InChI=1S/C14H19BrN4/c1-8-6-9(2)11(10(15)7-8)19-12(14(3,4)5)13(16)17-18-19/h6-7H,16H2,1-5H3. The highest BCUT2D eigenvalue weighted by molar-refractivity contribution is 9.10. The van der Waals surface area contributed by atoms with Crippen LogP contribution in [0.25, 0.3) is 5.69 Å². The minimum absolute atomic E-state index is 0.121. The van der Waals surface area contributed by atoms with E-state index in [1.807, 2.05) is 4.68 Å². The Morgan fingerprint density at radius 1 is 1.21 bits per heavy atom. The summed E-state index contributed by atoms with van der Waals surface area (Å²) in [5.41, 5.74) is 10.1. The highest BCUT2D eigenvalue weighted by atomic mass is 79.9. The van der Waals surface area contributed by atoms with Gasteiger partial charge in [0, 0.05) is 9.89 Å². The van der Waals surface area contributed by atoms with Gasteiger partial charge >= 0.3 is 0 Å². The zero-order valence-electron chi connectivity index (χ0n) is 12.0. The van der Waals surface area contributed by atoms with E-state index in [0.29, 0.717) is 5.82 Å². The van der Waals surface area contributed by atoms with Gasteiger partial charge in [0.1, 0.15) is 0 Å². The van der Waals surface area contributed by atoms with Crippen molar-refractivity contribution in [2.24, 2.45) is 0 Å². The number of hydrogen-bond acceptors (Lipinski definition) is 3. The maximum atomic E-state index is 5.99. The summed E-state index contributed by atoms with van der Waals surface area (Å²) in [6.45, 7) is 10.5. The van der Waals surface area contributed by atoms with Gasteiger partial charge in [-0.1, -0.05) is 32.1 Å². The van der Waals surface area contributed by atoms with Crippen molar-refractivity contribution in [1.82, 2.24) is 15.0 Å². The highest BCUT2D eigenvalue weighted by Crippen LogP contribution is 2.33. The molecule has 2 N–H and O–H groups in total. The van der Waals surface area contributed by atoms with E-state index in [1.165, 1.54) is 5.56 Å². The normalized spacial score (nSPS) is 11.9. The zero-order chi connectivity index (χ0) is 14.4.